The molecule has 0 bridgehead atoms. The molecular formula is C16H12F2N4OS2. The van der Waals surface area contributed by atoms with Crippen LogP contribution in [0.5, 0.6) is 0 Å². The van der Waals surface area contributed by atoms with E-state index in [9.17, 15) is 13.6 Å². The zero-order valence-corrected chi connectivity index (χ0v) is 14.7. The van der Waals surface area contributed by atoms with E-state index in [4.69, 9.17) is 0 Å². The standard InChI is InChI=1S/C16H12F2N4OS2/c1-21-14(23)9-6-7-24-13(9)20-16(21)25-8-12-19-10-4-2-3-5-11(10)22(12)15(17)18/h2-7,15H,8H2,1H3. The smallest absolute Gasteiger partial charge is 0.290 e. The first-order valence-corrected chi connectivity index (χ1v) is 9.24. The van der Waals surface area contributed by atoms with Gasteiger partial charge in [-0.1, -0.05) is 23.9 Å². The minimum atomic E-state index is -2.68. The highest BCUT2D eigenvalue weighted by Gasteiger charge is 2.18. The van der Waals surface area contributed by atoms with Crippen molar-refractivity contribution in [3.05, 3.63) is 51.9 Å². The van der Waals surface area contributed by atoms with Crippen molar-refractivity contribution in [2.45, 2.75) is 17.5 Å². The number of imidazole rings is 1. The molecule has 128 valence electrons. The number of nitrogens with zero attached hydrogens (tertiary/aromatic N) is 4. The molecule has 3 heterocycles. The van der Waals surface area contributed by atoms with E-state index in [1.807, 2.05) is 5.38 Å². The van der Waals surface area contributed by atoms with Gasteiger partial charge in [-0.3, -0.25) is 13.9 Å². The number of fused-ring (bicyclic) bond motifs is 2. The van der Waals surface area contributed by atoms with E-state index in [1.165, 1.54) is 27.7 Å². The third kappa shape index (κ3) is 2.73. The van der Waals surface area contributed by atoms with Gasteiger partial charge in [0.05, 0.1) is 22.2 Å². The highest BCUT2D eigenvalue weighted by atomic mass is 32.2. The number of alkyl halides is 2. The number of rotatable bonds is 4. The van der Waals surface area contributed by atoms with Crippen LogP contribution >= 0.6 is 23.1 Å². The molecule has 0 aliphatic carbocycles. The number of thiophene rings is 1. The predicted molar refractivity (Wildman–Crippen MR) is 95.4 cm³/mol. The third-order valence-corrected chi connectivity index (χ3v) is 5.69. The minimum Gasteiger partial charge on any atom is -0.290 e. The summed E-state index contributed by atoms with van der Waals surface area (Å²) in [6, 6.07) is 8.52. The quantitative estimate of drug-likeness (QED) is 0.397. The van der Waals surface area contributed by atoms with Gasteiger partial charge in [-0.2, -0.15) is 8.78 Å². The Morgan fingerprint density at radius 1 is 1.24 bits per heavy atom. The Morgan fingerprint density at radius 3 is 2.84 bits per heavy atom. The van der Waals surface area contributed by atoms with Crippen molar-refractivity contribution in [2.24, 2.45) is 7.05 Å². The molecule has 0 saturated carbocycles. The average Bonchev–Trinajstić information content (AvgIpc) is 3.20. The summed E-state index contributed by atoms with van der Waals surface area (Å²) in [6.45, 7) is -2.68. The lowest BCUT2D eigenvalue weighted by Gasteiger charge is -2.09. The lowest BCUT2D eigenvalue weighted by Crippen LogP contribution is -2.19. The maximum atomic E-state index is 13.5. The Kier molecular flexibility index (Phi) is 4.04. The fourth-order valence-electron chi connectivity index (χ4n) is 2.65. The Labute approximate surface area is 148 Å². The van der Waals surface area contributed by atoms with Crippen molar-refractivity contribution in [3.63, 3.8) is 0 Å². The van der Waals surface area contributed by atoms with Gasteiger partial charge in [0.15, 0.2) is 5.16 Å². The van der Waals surface area contributed by atoms with E-state index in [0.717, 1.165) is 4.57 Å². The molecule has 25 heavy (non-hydrogen) atoms. The Morgan fingerprint density at radius 2 is 2.04 bits per heavy atom. The number of aromatic nitrogens is 4. The van der Waals surface area contributed by atoms with Gasteiger partial charge in [0, 0.05) is 7.05 Å². The van der Waals surface area contributed by atoms with Gasteiger partial charge in [-0.05, 0) is 23.6 Å². The van der Waals surface area contributed by atoms with Gasteiger partial charge >= 0.3 is 6.55 Å². The van der Waals surface area contributed by atoms with Crippen LogP contribution in [0.25, 0.3) is 21.3 Å². The lowest BCUT2D eigenvalue weighted by molar-refractivity contribution is 0.0722. The van der Waals surface area contributed by atoms with E-state index in [2.05, 4.69) is 9.97 Å². The first-order valence-electron chi connectivity index (χ1n) is 7.37. The summed E-state index contributed by atoms with van der Waals surface area (Å²) in [4.78, 5) is 21.7. The van der Waals surface area contributed by atoms with Gasteiger partial charge in [-0.15, -0.1) is 11.3 Å². The SMILES string of the molecule is Cn1c(SCc2nc3ccccc3n2C(F)F)nc2sccc2c1=O. The first kappa shape index (κ1) is 16.2. The van der Waals surface area contributed by atoms with Crippen LogP contribution in [0.15, 0.2) is 45.7 Å². The van der Waals surface area contributed by atoms with Gasteiger partial charge in [-0.25, -0.2) is 9.97 Å². The fraction of sp³-hybridized carbons (Fsp3) is 0.188. The molecule has 0 unspecified atom stereocenters. The van der Waals surface area contributed by atoms with Crippen molar-refractivity contribution in [1.82, 2.24) is 19.1 Å². The molecule has 0 spiro atoms. The molecule has 0 radical (unpaired) electrons. The average molecular weight is 378 g/mol. The molecule has 0 aliphatic heterocycles. The van der Waals surface area contributed by atoms with Gasteiger partial charge in [0.2, 0.25) is 0 Å². The highest BCUT2D eigenvalue weighted by molar-refractivity contribution is 7.98. The molecule has 4 rings (SSSR count). The van der Waals surface area contributed by atoms with Crippen LogP contribution in [-0.2, 0) is 12.8 Å². The summed E-state index contributed by atoms with van der Waals surface area (Å²) in [5.41, 5.74) is 0.772. The summed E-state index contributed by atoms with van der Waals surface area (Å²) in [5.74, 6) is 0.442. The molecule has 0 atom stereocenters. The number of hydrogen-bond donors (Lipinski definition) is 0. The second-order valence-electron chi connectivity index (χ2n) is 5.35. The van der Waals surface area contributed by atoms with Crippen LogP contribution in [0.1, 0.15) is 12.4 Å². The van der Waals surface area contributed by atoms with Gasteiger partial charge in [0.1, 0.15) is 10.7 Å². The maximum absolute atomic E-state index is 13.5. The molecule has 5 nitrogen and oxygen atoms in total. The van der Waals surface area contributed by atoms with E-state index < -0.39 is 6.55 Å². The van der Waals surface area contributed by atoms with E-state index in [-0.39, 0.29) is 17.1 Å². The summed E-state index contributed by atoms with van der Waals surface area (Å²) >= 11 is 2.60. The van der Waals surface area contributed by atoms with Crippen LogP contribution in [0, 0.1) is 0 Å². The monoisotopic (exact) mass is 378 g/mol. The Bertz CT molecular complexity index is 1130. The third-order valence-electron chi connectivity index (χ3n) is 3.86. The van der Waals surface area contributed by atoms with E-state index >= 15 is 0 Å². The molecule has 1 aromatic carbocycles. The highest BCUT2D eigenvalue weighted by Crippen LogP contribution is 2.28. The van der Waals surface area contributed by atoms with E-state index in [1.54, 1.807) is 37.4 Å². The van der Waals surface area contributed by atoms with Crippen LogP contribution in [-0.4, -0.2) is 19.1 Å². The van der Waals surface area contributed by atoms with Crippen molar-refractivity contribution in [3.8, 4) is 0 Å². The fourth-order valence-corrected chi connectivity index (χ4v) is 4.36. The summed E-state index contributed by atoms with van der Waals surface area (Å²) in [5, 5.41) is 2.86. The maximum Gasteiger partial charge on any atom is 0.320 e. The van der Waals surface area contributed by atoms with Crippen LogP contribution in [0.3, 0.4) is 0 Å². The normalized spacial score (nSPS) is 11.8. The molecule has 9 heteroatoms. The van der Waals surface area contributed by atoms with E-state index in [0.29, 0.717) is 26.4 Å². The van der Waals surface area contributed by atoms with Crippen molar-refractivity contribution < 1.29 is 8.78 Å². The second-order valence-corrected chi connectivity index (χ2v) is 7.19. The number of benzene rings is 1. The number of halogens is 2. The summed E-state index contributed by atoms with van der Waals surface area (Å²) < 4.78 is 29.3. The topological polar surface area (TPSA) is 52.7 Å². The zero-order chi connectivity index (χ0) is 17.6. The molecule has 4 aromatic rings. The largest absolute Gasteiger partial charge is 0.320 e. The lowest BCUT2D eigenvalue weighted by atomic mass is 10.3. The molecule has 0 N–H and O–H groups in total. The van der Waals surface area contributed by atoms with Crippen LogP contribution in [0.2, 0.25) is 0 Å². The Balaban J connectivity index is 1.72. The summed E-state index contributed by atoms with van der Waals surface area (Å²) in [6.07, 6.45) is 0. The molecule has 0 fully saturated rings. The molecule has 0 amide bonds. The van der Waals surface area contributed by atoms with Crippen molar-refractivity contribution in [2.75, 3.05) is 0 Å². The van der Waals surface area contributed by atoms with Gasteiger partial charge < -0.3 is 0 Å². The van der Waals surface area contributed by atoms with Crippen LogP contribution in [0.4, 0.5) is 8.78 Å². The first-order chi connectivity index (χ1) is 12.1. The second kappa shape index (κ2) is 6.23. The Hall–Kier alpha value is -2.26. The number of thioether (sulfide) groups is 1. The van der Waals surface area contributed by atoms with Gasteiger partial charge in [0.25, 0.3) is 5.56 Å². The number of para-hydroxylation sites is 2. The molecule has 0 aliphatic rings. The van der Waals surface area contributed by atoms with Crippen LogP contribution < -0.4 is 5.56 Å². The molecular weight excluding hydrogens is 366 g/mol. The van der Waals surface area contributed by atoms with Crippen molar-refractivity contribution in [1.29, 1.82) is 0 Å². The summed E-state index contributed by atoms with van der Waals surface area (Å²) in [7, 11) is 1.63. The molecule has 3 aromatic heterocycles. The minimum absolute atomic E-state index is 0.142. The number of hydrogen-bond acceptors (Lipinski definition) is 5. The zero-order valence-electron chi connectivity index (χ0n) is 13.0. The van der Waals surface area contributed by atoms with Crippen molar-refractivity contribution >= 4 is 44.3 Å². The molecule has 0 saturated heterocycles. The predicted octanol–water partition coefficient (Wildman–Crippen LogP) is 4.03.